The minimum Gasteiger partial charge on any atom is -0.490 e. The smallest absolute Gasteiger partial charge is 0.405 e. The van der Waals surface area contributed by atoms with E-state index in [0.717, 1.165) is 5.56 Å². The van der Waals surface area contributed by atoms with Crippen LogP contribution in [-0.2, 0) is 22.6 Å². The SMILES string of the molecule is O=C(N[C@H]1c2ccccc2OC[C@H]1O)[C@H](Cc1ccccc1)C[C@H](O)CN1CCN(Cc2ncc(-c3ccccn3)o2)C[C@H]1C(=O)NCC(F)(F)F. The number of carbonyl (C=O) groups excluding carboxylic acids is 2. The highest BCUT2D eigenvalue weighted by Gasteiger charge is 2.38. The molecule has 2 aromatic carbocycles. The molecule has 0 radical (unpaired) electrons. The number of nitrogens with one attached hydrogen (secondary N) is 2. The Balaban J connectivity index is 1.15. The molecule has 0 saturated carbocycles. The number of amides is 2. The van der Waals surface area contributed by atoms with Crippen molar-refractivity contribution in [1.29, 1.82) is 0 Å². The Hall–Kier alpha value is -4.83. The van der Waals surface area contributed by atoms with E-state index in [-0.39, 0.29) is 51.5 Å². The Morgan fingerprint density at radius 3 is 2.54 bits per heavy atom. The van der Waals surface area contributed by atoms with E-state index in [1.54, 1.807) is 53.7 Å². The number of ether oxygens (including phenoxy) is 1. The largest absolute Gasteiger partial charge is 0.490 e. The van der Waals surface area contributed by atoms with Crippen molar-refractivity contribution in [1.82, 2.24) is 30.4 Å². The van der Waals surface area contributed by atoms with Crippen LogP contribution in [0.1, 0.15) is 29.5 Å². The van der Waals surface area contributed by atoms with Crippen molar-refractivity contribution >= 4 is 11.8 Å². The van der Waals surface area contributed by atoms with Crippen LogP contribution in [0.3, 0.4) is 0 Å². The first-order chi connectivity index (χ1) is 25.0. The van der Waals surface area contributed by atoms with Crippen LogP contribution in [0.5, 0.6) is 5.75 Å². The van der Waals surface area contributed by atoms with Crippen LogP contribution in [0.25, 0.3) is 11.5 Å². The average molecular weight is 723 g/mol. The summed E-state index contributed by atoms with van der Waals surface area (Å²) in [4.78, 5) is 39.2. The first-order valence-corrected chi connectivity index (χ1v) is 17.1. The fourth-order valence-corrected chi connectivity index (χ4v) is 6.64. The van der Waals surface area contributed by atoms with E-state index in [9.17, 15) is 33.0 Å². The third kappa shape index (κ3) is 9.73. The average Bonchev–Trinajstić information content (AvgIpc) is 3.61. The Bertz CT molecular complexity index is 1780. The van der Waals surface area contributed by atoms with Gasteiger partial charge in [-0.1, -0.05) is 54.6 Å². The molecule has 0 aliphatic carbocycles. The van der Waals surface area contributed by atoms with Gasteiger partial charge in [0.25, 0.3) is 0 Å². The number of hydrogen-bond acceptors (Lipinski definition) is 10. The maximum absolute atomic E-state index is 13.9. The lowest BCUT2D eigenvalue weighted by atomic mass is 9.90. The van der Waals surface area contributed by atoms with Crippen molar-refractivity contribution in [3.63, 3.8) is 0 Å². The maximum atomic E-state index is 13.9. The van der Waals surface area contributed by atoms with E-state index in [2.05, 4.69) is 15.3 Å². The summed E-state index contributed by atoms with van der Waals surface area (Å²) >= 11 is 0. The molecule has 1 fully saturated rings. The summed E-state index contributed by atoms with van der Waals surface area (Å²) in [5.41, 5.74) is 2.09. The van der Waals surface area contributed by atoms with Gasteiger partial charge in [0.05, 0.1) is 24.9 Å². The number of halogens is 3. The molecule has 2 aromatic heterocycles. The molecule has 52 heavy (non-hydrogen) atoms. The number of pyridine rings is 1. The number of aliphatic hydroxyl groups is 2. The summed E-state index contributed by atoms with van der Waals surface area (Å²) in [5.74, 6) is -0.581. The number of para-hydroxylation sites is 1. The standard InChI is InChI=1S/C37H41F3N6O6/c38-37(39,40)23-43-36(50)29-20-45(21-33-42-18-32(52-33)28-11-6-7-13-41-28)14-15-46(29)19-26(47)17-25(16-24-8-2-1-3-9-24)35(49)44-34-27-10-4-5-12-31(27)51-22-30(34)48/h1-13,18,25-26,29-30,34,47-48H,14-17,19-23H2,(H,43,50)(H,44,49)/t25-,26+,29+,30-,34+/m1/s1. The fourth-order valence-electron chi connectivity index (χ4n) is 6.64. The zero-order valence-electron chi connectivity index (χ0n) is 28.3. The monoisotopic (exact) mass is 722 g/mol. The maximum Gasteiger partial charge on any atom is 0.405 e. The minimum absolute atomic E-state index is 0.000906. The van der Waals surface area contributed by atoms with E-state index in [4.69, 9.17) is 9.15 Å². The second kappa shape index (κ2) is 16.7. The molecule has 2 aliphatic rings. The van der Waals surface area contributed by atoms with Crippen molar-refractivity contribution in [2.45, 2.75) is 49.9 Å². The Morgan fingerprint density at radius 1 is 1.00 bits per heavy atom. The van der Waals surface area contributed by atoms with Gasteiger partial charge in [0.2, 0.25) is 17.7 Å². The van der Waals surface area contributed by atoms with Gasteiger partial charge in [-0.2, -0.15) is 13.2 Å². The molecule has 276 valence electrons. The minimum atomic E-state index is -4.61. The predicted molar refractivity (Wildman–Crippen MR) is 183 cm³/mol. The number of fused-ring (bicyclic) bond motifs is 1. The molecule has 5 atom stereocenters. The lowest BCUT2D eigenvalue weighted by Gasteiger charge is -2.41. The summed E-state index contributed by atoms with van der Waals surface area (Å²) < 4.78 is 50.8. The molecule has 0 spiro atoms. The van der Waals surface area contributed by atoms with Crippen LogP contribution in [0, 0.1) is 5.92 Å². The Labute approximate surface area is 298 Å². The van der Waals surface area contributed by atoms with Gasteiger partial charge in [-0.25, -0.2) is 4.98 Å². The van der Waals surface area contributed by atoms with Crippen LogP contribution in [0.4, 0.5) is 13.2 Å². The molecular weight excluding hydrogens is 681 g/mol. The molecule has 0 unspecified atom stereocenters. The summed E-state index contributed by atoms with van der Waals surface area (Å²) in [5, 5.41) is 27.2. The van der Waals surface area contributed by atoms with Gasteiger partial charge in [-0.15, -0.1) is 0 Å². The van der Waals surface area contributed by atoms with E-state index in [0.29, 0.717) is 35.2 Å². The molecule has 2 aliphatic heterocycles. The van der Waals surface area contributed by atoms with Crippen LogP contribution in [0.2, 0.25) is 0 Å². The highest BCUT2D eigenvalue weighted by Crippen LogP contribution is 2.32. The summed E-state index contributed by atoms with van der Waals surface area (Å²) in [6.07, 6.45) is -3.28. The summed E-state index contributed by atoms with van der Waals surface area (Å²) in [6.45, 7) is -0.658. The molecule has 2 amide bonds. The molecule has 4 N–H and O–H groups in total. The van der Waals surface area contributed by atoms with E-state index in [1.807, 2.05) is 46.6 Å². The molecule has 6 rings (SSSR count). The van der Waals surface area contributed by atoms with Crippen LogP contribution >= 0.6 is 0 Å². The van der Waals surface area contributed by atoms with Gasteiger partial charge in [-0.05, 0) is 36.6 Å². The third-order valence-electron chi connectivity index (χ3n) is 9.21. The summed E-state index contributed by atoms with van der Waals surface area (Å²) in [7, 11) is 0. The van der Waals surface area contributed by atoms with Gasteiger partial charge < -0.3 is 30.0 Å². The number of nitrogens with zero attached hydrogens (tertiary/aromatic N) is 4. The number of oxazole rings is 1. The number of rotatable bonds is 13. The topological polar surface area (TPSA) is 153 Å². The number of aliphatic hydroxyl groups excluding tert-OH is 2. The van der Waals surface area contributed by atoms with E-state index in [1.165, 1.54) is 0 Å². The molecule has 12 nitrogen and oxygen atoms in total. The number of carbonyl (C=O) groups is 2. The number of aromatic nitrogens is 2. The number of hydrogen-bond donors (Lipinski definition) is 4. The van der Waals surface area contributed by atoms with E-state index >= 15 is 0 Å². The molecule has 1 saturated heterocycles. The normalized spacial score (nSPS) is 20.7. The fraction of sp³-hybridized carbons (Fsp3) is 0.405. The van der Waals surface area contributed by atoms with Crippen LogP contribution in [0.15, 0.2) is 89.6 Å². The second-order valence-electron chi connectivity index (χ2n) is 13.1. The van der Waals surface area contributed by atoms with Gasteiger partial charge in [0.1, 0.15) is 36.7 Å². The highest BCUT2D eigenvalue weighted by molar-refractivity contribution is 5.82. The van der Waals surface area contributed by atoms with Crippen molar-refractivity contribution in [2.24, 2.45) is 5.92 Å². The van der Waals surface area contributed by atoms with Crippen molar-refractivity contribution in [2.75, 3.05) is 39.3 Å². The van der Waals surface area contributed by atoms with Gasteiger partial charge in [0.15, 0.2) is 5.76 Å². The van der Waals surface area contributed by atoms with Gasteiger partial charge in [0, 0.05) is 43.9 Å². The highest BCUT2D eigenvalue weighted by atomic mass is 19.4. The molecule has 0 bridgehead atoms. The lowest BCUT2D eigenvalue weighted by molar-refractivity contribution is -0.143. The molecular formula is C37H41F3N6O6. The predicted octanol–water partition coefficient (Wildman–Crippen LogP) is 3.12. The zero-order valence-corrected chi connectivity index (χ0v) is 28.3. The number of piperazine rings is 1. The van der Waals surface area contributed by atoms with Gasteiger partial charge >= 0.3 is 6.18 Å². The second-order valence-corrected chi connectivity index (χ2v) is 13.1. The summed E-state index contributed by atoms with van der Waals surface area (Å²) in [6, 6.07) is 20.0. The Kier molecular flexibility index (Phi) is 11.8. The number of benzene rings is 2. The van der Waals surface area contributed by atoms with Crippen molar-refractivity contribution in [3.05, 3.63) is 102 Å². The lowest BCUT2D eigenvalue weighted by Crippen LogP contribution is -2.60. The van der Waals surface area contributed by atoms with Crippen molar-refractivity contribution in [3.8, 4) is 17.2 Å². The van der Waals surface area contributed by atoms with Crippen LogP contribution < -0.4 is 15.4 Å². The quantitative estimate of drug-likeness (QED) is 0.162. The third-order valence-corrected chi connectivity index (χ3v) is 9.21. The molecule has 4 heterocycles. The molecule has 15 heteroatoms. The van der Waals surface area contributed by atoms with Gasteiger partial charge in [-0.3, -0.25) is 24.4 Å². The van der Waals surface area contributed by atoms with E-state index < -0.39 is 48.8 Å². The first-order valence-electron chi connectivity index (χ1n) is 17.1. The van der Waals surface area contributed by atoms with Crippen molar-refractivity contribution < 1.29 is 42.1 Å². The first kappa shape index (κ1) is 36.9. The zero-order chi connectivity index (χ0) is 36.7. The van der Waals surface area contributed by atoms with Crippen LogP contribution in [-0.4, -0.2) is 106 Å². The number of alkyl halides is 3. The number of β-amino-alcohol motifs (C(OH)–C–C–N with tert-alkyl or cyclic N) is 1. The molecule has 4 aromatic rings. The Morgan fingerprint density at radius 2 is 1.77 bits per heavy atom.